The van der Waals surface area contributed by atoms with Crippen LogP contribution in [0, 0.1) is 0 Å². The predicted octanol–water partition coefficient (Wildman–Crippen LogP) is 7.89. The van der Waals surface area contributed by atoms with Crippen LogP contribution in [0.25, 0.3) is 32.7 Å². The molecule has 4 heteroatoms. The lowest BCUT2D eigenvalue weighted by Gasteiger charge is -2.32. The van der Waals surface area contributed by atoms with E-state index >= 15 is 0 Å². The molecular formula is C29H28NO2P. The topological polar surface area (TPSA) is 32.7 Å². The smallest absolute Gasteiger partial charge is 0.174 e. The second-order valence-electron chi connectivity index (χ2n) is 8.13. The highest BCUT2D eigenvalue weighted by molar-refractivity contribution is 7.51. The molecule has 0 amide bonds. The van der Waals surface area contributed by atoms with Gasteiger partial charge in [-0.3, -0.25) is 4.67 Å². The molecule has 3 nitrogen and oxygen atoms in total. The molecule has 0 radical (unpaired) electrons. The van der Waals surface area contributed by atoms with Gasteiger partial charge >= 0.3 is 0 Å². The SMILES string of the molecule is CCN(CC)P(Oc1ccc2ccccc2c1-c1c(O)ccc2ccccc12)C1C=CC=C1. The third-order valence-electron chi connectivity index (χ3n) is 6.23. The van der Waals surface area contributed by atoms with E-state index in [4.69, 9.17) is 4.52 Å². The number of phenolic OH excluding ortho intramolecular Hbond substituents is 1. The van der Waals surface area contributed by atoms with Crippen LogP contribution in [-0.2, 0) is 0 Å². The number of benzene rings is 4. The lowest BCUT2D eigenvalue weighted by atomic mass is 9.92. The third-order valence-corrected chi connectivity index (χ3v) is 8.59. The van der Waals surface area contributed by atoms with Crippen molar-refractivity contribution < 1.29 is 9.63 Å². The molecule has 1 unspecified atom stereocenters. The Labute approximate surface area is 196 Å². The average Bonchev–Trinajstić information content (AvgIpc) is 3.39. The number of nitrogens with zero attached hydrogens (tertiary/aromatic N) is 1. The first-order valence-corrected chi connectivity index (χ1v) is 12.8. The van der Waals surface area contributed by atoms with Crippen molar-refractivity contribution in [3.05, 3.63) is 97.1 Å². The molecule has 1 aliphatic carbocycles. The Balaban J connectivity index is 1.75. The van der Waals surface area contributed by atoms with Crippen molar-refractivity contribution in [2.45, 2.75) is 19.5 Å². The maximum absolute atomic E-state index is 11.1. The Hall–Kier alpha value is -3.13. The first kappa shape index (κ1) is 21.7. The van der Waals surface area contributed by atoms with Crippen molar-refractivity contribution in [1.29, 1.82) is 0 Å². The summed E-state index contributed by atoms with van der Waals surface area (Å²) in [5.74, 6) is 1.08. The van der Waals surface area contributed by atoms with Gasteiger partial charge in [-0.15, -0.1) is 0 Å². The van der Waals surface area contributed by atoms with Gasteiger partial charge in [-0.2, -0.15) is 0 Å². The standard InChI is InChI=1S/C29H28NO2P/c1-3-30(4-2)33(23-13-7-8-14-23)32-27-20-18-22-12-6-10-16-25(22)29(27)28-24-15-9-5-11-21(24)17-19-26(28)31/h5-20,23,31H,3-4H2,1-2H3. The minimum Gasteiger partial charge on any atom is -0.507 e. The molecule has 4 aromatic rings. The van der Waals surface area contributed by atoms with Gasteiger partial charge in [-0.1, -0.05) is 98.8 Å². The quantitative estimate of drug-likeness (QED) is 0.289. The zero-order valence-corrected chi connectivity index (χ0v) is 19.9. The van der Waals surface area contributed by atoms with Crippen LogP contribution < -0.4 is 4.52 Å². The zero-order chi connectivity index (χ0) is 22.8. The van der Waals surface area contributed by atoms with E-state index in [9.17, 15) is 5.11 Å². The molecule has 5 rings (SSSR count). The molecule has 0 aromatic heterocycles. The van der Waals surface area contributed by atoms with Gasteiger partial charge in [0, 0.05) is 24.2 Å². The minimum atomic E-state index is -0.938. The van der Waals surface area contributed by atoms with E-state index in [1.807, 2.05) is 30.3 Å². The van der Waals surface area contributed by atoms with Crippen molar-refractivity contribution in [2.75, 3.05) is 13.1 Å². The van der Waals surface area contributed by atoms with Crippen molar-refractivity contribution >= 4 is 29.8 Å². The normalized spacial score (nSPS) is 14.5. The Morgan fingerprint density at radius 3 is 1.97 bits per heavy atom. The molecule has 0 saturated heterocycles. The number of rotatable bonds is 7. The highest BCUT2D eigenvalue weighted by atomic mass is 31.2. The van der Waals surface area contributed by atoms with Crippen LogP contribution >= 0.6 is 8.30 Å². The minimum absolute atomic E-state index is 0.236. The van der Waals surface area contributed by atoms with E-state index in [0.717, 1.165) is 51.5 Å². The molecule has 0 spiro atoms. The maximum Gasteiger partial charge on any atom is 0.174 e. The van der Waals surface area contributed by atoms with Gasteiger partial charge in [-0.25, -0.2) is 0 Å². The molecular weight excluding hydrogens is 425 g/mol. The average molecular weight is 454 g/mol. The van der Waals surface area contributed by atoms with Crippen LogP contribution in [0.3, 0.4) is 0 Å². The fraction of sp³-hybridized carbons (Fsp3) is 0.172. The zero-order valence-electron chi connectivity index (χ0n) is 19.0. The van der Waals surface area contributed by atoms with Gasteiger partial charge in [0.05, 0.1) is 5.66 Å². The van der Waals surface area contributed by atoms with Gasteiger partial charge in [0.1, 0.15) is 11.5 Å². The molecule has 1 aliphatic rings. The van der Waals surface area contributed by atoms with Gasteiger partial charge in [-0.05, 0) is 33.7 Å². The van der Waals surface area contributed by atoms with Gasteiger partial charge in [0.15, 0.2) is 8.30 Å². The van der Waals surface area contributed by atoms with E-state index in [1.165, 1.54) is 0 Å². The molecule has 33 heavy (non-hydrogen) atoms. The Morgan fingerprint density at radius 2 is 1.33 bits per heavy atom. The van der Waals surface area contributed by atoms with Crippen molar-refractivity contribution in [1.82, 2.24) is 4.67 Å². The first-order valence-electron chi connectivity index (χ1n) is 11.5. The van der Waals surface area contributed by atoms with E-state index < -0.39 is 8.30 Å². The Morgan fingerprint density at radius 1 is 0.758 bits per heavy atom. The van der Waals surface area contributed by atoms with Crippen molar-refractivity contribution in [3.63, 3.8) is 0 Å². The fourth-order valence-corrected chi connectivity index (χ4v) is 6.60. The summed E-state index contributed by atoms with van der Waals surface area (Å²) in [5.41, 5.74) is 2.01. The molecule has 4 aromatic carbocycles. The summed E-state index contributed by atoms with van der Waals surface area (Å²) < 4.78 is 9.32. The van der Waals surface area contributed by atoms with Gasteiger partial charge in [0.25, 0.3) is 0 Å². The monoisotopic (exact) mass is 453 g/mol. The van der Waals surface area contributed by atoms with Gasteiger partial charge in [0.2, 0.25) is 0 Å². The van der Waals surface area contributed by atoms with Crippen LogP contribution in [0.2, 0.25) is 0 Å². The van der Waals surface area contributed by atoms with Gasteiger partial charge < -0.3 is 9.63 Å². The van der Waals surface area contributed by atoms with Crippen LogP contribution in [0.1, 0.15) is 13.8 Å². The largest absolute Gasteiger partial charge is 0.507 e. The number of phenols is 1. The predicted molar refractivity (Wildman–Crippen MR) is 141 cm³/mol. The van der Waals surface area contributed by atoms with Crippen LogP contribution in [0.4, 0.5) is 0 Å². The summed E-state index contributed by atoms with van der Waals surface area (Å²) in [7, 11) is -0.938. The third kappa shape index (κ3) is 4.04. The summed E-state index contributed by atoms with van der Waals surface area (Å²) in [4.78, 5) is 0. The Kier molecular flexibility index (Phi) is 6.17. The van der Waals surface area contributed by atoms with Crippen molar-refractivity contribution in [3.8, 4) is 22.6 Å². The summed E-state index contributed by atoms with van der Waals surface area (Å²) in [6.45, 7) is 6.20. The second kappa shape index (κ2) is 9.39. The molecule has 0 aliphatic heterocycles. The van der Waals surface area contributed by atoms with Crippen LogP contribution in [0.5, 0.6) is 11.5 Å². The molecule has 1 N–H and O–H groups in total. The molecule has 0 bridgehead atoms. The van der Waals surface area contributed by atoms with E-state index in [0.29, 0.717) is 0 Å². The number of fused-ring (bicyclic) bond motifs is 2. The summed E-state index contributed by atoms with van der Waals surface area (Å²) in [5, 5.41) is 15.4. The molecule has 0 saturated carbocycles. The van der Waals surface area contributed by atoms with E-state index in [1.54, 1.807) is 6.07 Å². The second-order valence-corrected chi connectivity index (χ2v) is 10.1. The van der Waals surface area contributed by atoms with Crippen LogP contribution in [-0.4, -0.2) is 28.5 Å². The first-order chi connectivity index (χ1) is 16.2. The molecule has 1 atom stereocenters. The lowest BCUT2D eigenvalue weighted by molar-refractivity contribution is 0.444. The van der Waals surface area contributed by atoms with Crippen LogP contribution in [0.15, 0.2) is 97.1 Å². The highest BCUT2D eigenvalue weighted by Crippen LogP contribution is 2.53. The Bertz CT molecular complexity index is 1340. The highest BCUT2D eigenvalue weighted by Gasteiger charge is 2.29. The fourth-order valence-electron chi connectivity index (χ4n) is 4.59. The van der Waals surface area contributed by atoms with E-state index in [-0.39, 0.29) is 11.4 Å². The van der Waals surface area contributed by atoms with E-state index in [2.05, 4.69) is 79.2 Å². The number of allylic oxidation sites excluding steroid dienone is 4. The maximum atomic E-state index is 11.1. The summed E-state index contributed by atoms with van der Waals surface area (Å²) >= 11 is 0. The van der Waals surface area contributed by atoms with Crippen molar-refractivity contribution in [2.24, 2.45) is 0 Å². The lowest BCUT2D eigenvalue weighted by Crippen LogP contribution is -2.24. The summed E-state index contributed by atoms with van der Waals surface area (Å²) in [6, 6.07) is 24.5. The number of hydrogen-bond acceptors (Lipinski definition) is 3. The number of aromatic hydroxyl groups is 1. The number of hydrogen-bond donors (Lipinski definition) is 1. The summed E-state index contributed by atoms with van der Waals surface area (Å²) in [6.07, 6.45) is 8.65. The molecule has 0 fully saturated rings. The molecule has 166 valence electrons. The molecule has 0 heterocycles.